The number of benzene rings is 1. The monoisotopic (exact) mass is 293 g/mol. The molecule has 1 atom stereocenters. The molecule has 1 aromatic carbocycles. The molecule has 0 radical (unpaired) electrons. The highest BCUT2D eigenvalue weighted by Gasteiger charge is 2.17. The molecule has 0 aliphatic heterocycles. The van der Waals surface area contributed by atoms with Gasteiger partial charge >= 0.3 is 5.97 Å². The number of ether oxygens (including phenoxy) is 1. The van der Waals surface area contributed by atoms with Crippen LogP contribution in [0.25, 0.3) is 0 Å². The highest BCUT2D eigenvalue weighted by Crippen LogP contribution is 2.15. The van der Waals surface area contributed by atoms with Gasteiger partial charge in [-0.05, 0) is 30.5 Å². The van der Waals surface area contributed by atoms with Gasteiger partial charge in [0.15, 0.2) is 0 Å². The van der Waals surface area contributed by atoms with Crippen LogP contribution < -0.4 is 4.74 Å². The van der Waals surface area contributed by atoms with E-state index >= 15 is 0 Å². The molecule has 0 heterocycles. The number of rotatable bonds is 8. The zero-order valence-electron chi connectivity index (χ0n) is 12.8. The summed E-state index contributed by atoms with van der Waals surface area (Å²) in [6.45, 7) is 2.36. The van der Waals surface area contributed by atoms with Crippen LogP contribution in [0.2, 0.25) is 0 Å². The van der Waals surface area contributed by atoms with E-state index in [4.69, 9.17) is 9.84 Å². The van der Waals surface area contributed by atoms with Crippen LogP contribution in [0.3, 0.4) is 0 Å². The Balaban J connectivity index is 2.47. The van der Waals surface area contributed by atoms with Gasteiger partial charge in [0, 0.05) is 25.9 Å². The average Bonchev–Trinajstić information content (AvgIpc) is 2.46. The number of hydrogen-bond donors (Lipinski definition) is 1. The standard InChI is InChI=1S/C16H23NO4/c1-12(11-13-6-8-14(21-3)9-7-13)16(20)17(2)10-4-5-15(18)19/h6-9,12H,4-5,10-11H2,1-3H3,(H,18,19). The summed E-state index contributed by atoms with van der Waals surface area (Å²) in [4.78, 5) is 24.3. The van der Waals surface area contributed by atoms with Crippen molar-refractivity contribution in [2.24, 2.45) is 5.92 Å². The predicted molar refractivity (Wildman–Crippen MR) is 80.4 cm³/mol. The minimum absolute atomic E-state index is 0.0382. The van der Waals surface area contributed by atoms with E-state index in [-0.39, 0.29) is 18.2 Å². The van der Waals surface area contributed by atoms with E-state index in [0.717, 1.165) is 11.3 Å². The normalized spacial score (nSPS) is 11.8. The van der Waals surface area contributed by atoms with Crippen LogP contribution in [0, 0.1) is 5.92 Å². The Morgan fingerprint density at radius 2 is 1.90 bits per heavy atom. The molecular weight excluding hydrogens is 270 g/mol. The van der Waals surface area contributed by atoms with Crippen molar-refractivity contribution in [3.63, 3.8) is 0 Å². The van der Waals surface area contributed by atoms with E-state index in [2.05, 4.69) is 0 Å². The van der Waals surface area contributed by atoms with Crippen LogP contribution in [-0.2, 0) is 16.0 Å². The molecule has 1 amide bonds. The maximum atomic E-state index is 12.2. The van der Waals surface area contributed by atoms with Crippen LogP contribution in [0.4, 0.5) is 0 Å². The quantitative estimate of drug-likeness (QED) is 0.798. The molecule has 0 aromatic heterocycles. The lowest BCUT2D eigenvalue weighted by Crippen LogP contribution is -2.33. The van der Waals surface area contributed by atoms with Crippen molar-refractivity contribution in [1.82, 2.24) is 4.90 Å². The van der Waals surface area contributed by atoms with Crippen molar-refractivity contribution < 1.29 is 19.4 Å². The highest BCUT2D eigenvalue weighted by atomic mass is 16.5. The van der Waals surface area contributed by atoms with E-state index in [0.29, 0.717) is 19.4 Å². The van der Waals surface area contributed by atoms with Crippen LogP contribution in [-0.4, -0.2) is 42.6 Å². The third-order valence-electron chi connectivity index (χ3n) is 3.38. The summed E-state index contributed by atoms with van der Waals surface area (Å²) in [5.74, 6) is -0.130. The lowest BCUT2D eigenvalue weighted by Gasteiger charge is -2.21. The summed E-state index contributed by atoms with van der Waals surface area (Å²) in [5, 5.41) is 8.60. The summed E-state index contributed by atoms with van der Waals surface area (Å²) in [6, 6.07) is 7.66. The third-order valence-corrected chi connectivity index (χ3v) is 3.38. The maximum Gasteiger partial charge on any atom is 0.303 e. The Hall–Kier alpha value is -2.04. The van der Waals surface area contributed by atoms with Crippen LogP contribution >= 0.6 is 0 Å². The zero-order chi connectivity index (χ0) is 15.8. The van der Waals surface area contributed by atoms with Gasteiger partial charge in [-0.3, -0.25) is 9.59 Å². The molecule has 0 fully saturated rings. The topological polar surface area (TPSA) is 66.8 Å². The van der Waals surface area contributed by atoms with Crippen LogP contribution in [0.1, 0.15) is 25.3 Å². The molecule has 1 N–H and O–H groups in total. The van der Waals surface area contributed by atoms with E-state index in [1.165, 1.54) is 0 Å². The fourth-order valence-corrected chi connectivity index (χ4v) is 2.16. The molecule has 1 rings (SSSR count). The molecule has 0 aliphatic carbocycles. The Morgan fingerprint density at radius 1 is 1.29 bits per heavy atom. The number of carbonyl (C=O) groups is 2. The summed E-state index contributed by atoms with van der Waals surface area (Å²) >= 11 is 0. The summed E-state index contributed by atoms with van der Waals surface area (Å²) in [7, 11) is 3.34. The third kappa shape index (κ3) is 5.85. The smallest absolute Gasteiger partial charge is 0.303 e. The fraction of sp³-hybridized carbons (Fsp3) is 0.500. The number of aliphatic carboxylic acids is 1. The van der Waals surface area contributed by atoms with Crippen molar-refractivity contribution in [3.8, 4) is 5.75 Å². The highest BCUT2D eigenvalue weighted by molar-refractivity contribution is 5.78. The number of carboxylic acids is 1. The second-order valence-electron chi connectivity index (χ2n) is 5.21. The number of amides is 1. The molecule has 0 saturated heterocycles. The minimum atomic E-state index is -0.831. The van der Waals surface area contributed by atoms with Gasteiger partial charge in [0.1, 0.15) is 5.75 Å². The molecule has 0 spiro atoms. The predicted octanol–water partition coefficient (Wildman–Crippen LogP) is 2.20. The van der Waals surface area contributed by atoms with Gasteiger partial charge in [0.25, 0.3) is 0 Å². The second-order valence-corrected chi connectivity index (χ2v) is 5.21. The molecule has 1 aromatic rings. The minimum Gasteiger partial charge on any atom is -0.497 e. The first-order chi connectivity index (χ1) is 9.93. The van der Waals surface area contributed by atoms with E-state index in [1.54, 1.807) is 19.1 Å². The van der Waals surface area contributed by atoms with Crippen LogP contribution in [0.5, 0.6) is 5.75 Å². The molecule has 5 nitrogen and oxygen atoms in total. The molecular formula is C16H23NO4. The number of methoxy groups -OCH3 is 1. The number of carboxylic acid groups (broad SMARTS) is 1. The van der Waals surface area contributed by atoms with Crippen molar-refractivity contribution in [2.45, 2.75) is 26.2 Å². The summed E-state index contributed by atoms with van der Waals surface area (Å²) in [6.07, 6.45) is 1.23. The Bertz CT molecular complexity index is 470. The van der Waals surface area contributed by atoms with Gasteiger partial charge in [-0.25, -0.2) is 0 Å². The lowest BCUT2D eigenvalue weighted by molar-refractivity contribution is -0.138. The van der Waals surface area contributed by atoms with Crippen molar-refractivity contribution in [2.75, 3.05) is 20.7 Å². The lowest BCUT2D eigenvalue weighted by atomic mass is 9.99. The maximum absolute atomic E-state index is 12.2. The van der Waals surface area contributed by atoms with Gasteiger partial charge in [0.05, 0.1) is 7.11 Å². The molecule has 0 bridgehead atoms. The van der Waals surface area contributed by atoms with Gasteiger partial charge < -0.3 is 14.7 Å². The SMILES string of the molecule is COc1ccc(CC(C)C(=O)N(C)CCCC(=O)O)cc1. The second kappa shape index (κ2) is 8.29. The largest absolute Gasteiger partial charge is 0.497 e. The van der Waals surface area contributed by atoms with Gasteiger partial charge in [0.2, 0.25) is 5.91 Å². The van der Waals surface area contributed by atoms with E-state index in [9.17, 15) is 9.59 Å². The number of nitrogens with zero attached hydrogens (tertiary/aromatic N) is 1. The van der Waals surface area contributed by atoms with Crippen LogP contribution in [0.15, 0.2) is 24.3 Å². The van der Waals surface area contributed by atoms with E-state index < -0.39 is 5.97 Å². The van der Waals surface area contributed by atoms with Gasteiger partial charge in [-0.2, -0.15) is 0 Å². The van der Waals surface area contributed by atoms with Crippen molar-refractivity contribution in [1.29, 1.82) is 0 Å². The van der Waals surface area contributed by atoms with Crippen molar-refractivity contribution >= 4 is 11.9 Å². The van der Waals surface area contributed by atoms with Crippen molar-refractivity contribution in [3.05, 3.63) is 29.8 Å². The summed E-state index contributed by atoms with van der Waals surface area (Å²) < 4.78 is 5.10. The number of carbonyl (C=O) groups excluding carboxylic acids is 1. The Labute approximate surface area is 125 Å². The Kier molecular flexibility index (Phi) is 6.72. The molecule has 21 heavy (non-hydrogen) atoms. The first-order valence-corrected chi connectivity index (χ1v) is 7.03. The fourth-order valence-electron chi connectivity index (χ4n) is 2.16. The zero-order valence-corrected chi connectivity index (χ0v) is 12.8. The molecule has 0 aliphatic rings. The average molecular weight is 293 g/mol. The first kappa shape index (κ1) is 17.0. The first-order valence-electron chi connectivity index (χ1n) is 7.03. The number of hydrogen-bond acceptors (Lipinski definition) is 3. The molecule has 0 saturated carbocycles. The molecule has 5 heteroatoms. The molecule has 116 valence electrons. The van der Waals surface area contributed by atoms with Gasteiger partial charge in [-0.15, -0.1) is 0 Å². The summed E-state index contributed by atoms with van der Waals surface area (Å²) in [5.41, 5.74) is 1.08. The van der Waals surface area contributed by atoms with E-state index in [1.807, 2.05) is 31.2 Å². The Morgan fingerprint density at radius 3 is 2.43 bits per heavy atom. The van der Waals surface area contributed by atoms with Gasteiger partial charge in [-0.1, -0.05) is 19.1 Å². The molecule has 1 unspecified atom stereocenters.